The van der Waals surface area contributed by atoms with Crippen LogP contribution in [0.3, 0.4) is 0 Å². The number of carbonyl (C=O) groups excluding carboxylic acids is 4. The van der Waals surface area contributed by atoms with Gasteiger partial charge in [-0.05, 0) is 69.1 Å². The molecule has 17 nitrogen and oxygen atoms in total. The maximum Gasteiger partial charge on any atom is 0.472 e. The molecule has 3 N–H and O–H groups in total. The first-order valence-electron chi connectivity index (χ1n) is 36.2. The zero-order chi connectivity index (χ0) is 66.6. The molecule has 0 radical (unpaired) electrons. The van der Waals surface area contributed by atoms with Crippen molar-refractivity contribution in [2.24, 2.45) is 17.8 Å². The molecule has 0 aromatic rings. The number of hydrogen-bond donors (Lipinski definition) is 3. The monoisotopic (exact) mass is 1320 g/mol. The summed E-state index contributed by atoms with van der Waals surface area (Å²) >= 11 is 0. The highest BCUT2D eigenvalue weighted by Crippen LogP contribution is 2.45. The average Bonchev–Trinajstić information content (AvgIpc) is 3.48. The normalized spacial score (nSPS) is 14.7. The summed E-state index contributed by atoms with van der Waals surface area (Å²) in [7, 11) is -9.92. The van der Waals surface area contributed by atoms with E-state index in [1.165, 1.54) is 122 Å². The molecule has 6 atom stereocenters. The Kier molecular flexibility index (Phi) is 59.7. The predicted molar refractivity (Wildman–Crippen MR) is 363 cm³/mol. The van der Waals surface area contributed by atoms with Crippen LogP contribution in [0.4, 0.5) is 0 Å². The van der Waals surface area contributed by atoms with Crippen molar-refractivity contribution >= 4 is 39.5 Å². The number of esters is 4. The second-order valence-electron chi connectivity index (χ2n) is 26.1. The minimum Gasteiger partial charge on any atom is -0.462 e. The van der Waals surface area contributed by atoms with Gasteiger partial charge < -0.3 is 33.8 Å². The SMILES string of the molecule is CCCCCC/C=C\C=C/CCCCCCCC(=O)O[C@H](COC(=O)CCCCCCCCCC(C)C)COP(=O)(O)OCC(O)COP(=O)(O)OC[C@@H](COC(=O)CCCCCCCCCCCCC(C)C)OC(=O)CCCCCCCCCCC(C)CC. The highest BCUT2D eigenvalue weighted by molar-refractivity contribution is 7.47. The lowest BCUT2D eigenvalue weighted by atomic mass is 9.99. The van der Waals surface area contributed by atoms with E-state index in [4.69, 9.17) is 37.0 Å². The zero-order valence-corrected chi connectivity index (χ0v) is 59.9. The van der Waals surface area contributed by atoms with Crippen LogP contribution in [0.1, 0.15) is 331 Å². The zero-order valence-electron chi connectivity index (χ0n) is 58.1. The van der Waals surface area contributed by atoms with E-state index in [1.807, 2.05) is 0 Å². The number of aliphatic hydroxyl groups is 1. The fourth-order valence-corrected chi connectivity index (χ4v) is 11.7. The lowest BCUT2D eigenvalue weighted by Crippen LogP contribution is -2.30. The summed E-state index contributed by atoms with van der Waals surface area (Å²) in [5, 5.41) is 10.6. The molecule has 0 saturated heterocycles. The summed E-state index contributed by atoms with van der Waals surface area (Å²) in [6.07, 6.45) is 48.0. The third kappa shape index (κ3) is 63.0. The van der Waals surface area contributed by atoms with Crippen molar-refractivity contribution in [2.75, 3.05) is 39.6 Å². The van der Waals surface area contributed by atoms with Crippen molar-refractivity contribution in [1.82, 2.24) is 0 Å². The second-order valence-corrected chi connectivity index (χ2v) is 29.0. The van der Waals surface area contributed by atoms with Crippen LogP contribution in [0.15, 0.2) is 24.3 Å². The fourth-order valence-electron chi connectivity index (χ4n) is 10.1. The van der Waals surface area contributed by atoms with E-state index in [9.17, 15) is 43.2 Å². The molecule has 90 heavy (non-hydrogen) atoms. The fraction of sp³-hybridized carbons (Fsp3) is 0.887. The van der Waals surface area contributed by atoms with Crippen molar-refractivity contribution in [1.29, 1.82) is 0 Å². The summed E-state index contributed by atoms with van der Waals surface area (Å²) in [5.74, 6) is 0.0686. The molecule has 0 saturated carbocycles. The second kappa shape index (κ2) is 61.4. The molecule has 0 bridgehead atoms. The molecule has 530 valence electrons. The Hall–Kier alpha value is -2.46. The highest BCUT2D eigenvalue weighted by atomic mass is 31.2. The summed E-state index contributed by atoms with van der Waals surface area (Å²) in [6, 6.07) is 0. The minimum atomic E-state index is -4.96. The Morgan fingerprint density at radius 1 is 0.367 bits per heavy atom. The van der Waals surface area contributed by atoms with Gasteiger partial charge in [-0.2, -0.15) is 0 Å². The van der Waals surface area contributed by atoms with Crippen LogP contribution in [0.5, 0.6) is 0 Å². The number of unbranched alkanes of at least 4 members (excludes halogenated alkanes) is 31. The molecule has 19 heteroatoms. The van der Waals surface area contributed by atoms with E-state index in [2.05, 4.69) is 72.8 Å². The van der Waals surface area contributed by atoms with E-state index in [1.54, 1.807) is 0 Å². The molecule has 0 aliphatic rings. The van der Waals surface area contributed by atoms with E-state index < -0.39 is 97.5 Å². The average molecular weight is 1320 g/mol. The number of aliphatic hydroxyl groups excluding tert-OH is 1. The molecule has 0 aliphatic carbocycles. The Bertz CT molecular complexity index is 1860. The van der Waals surface area contributed by atoms with E-state index >= 15 is 0 Å². The largest absolute Gasteiger partial charge is 0.472 e. The smallest absolute Gasteiger partial charge is 0.462 e. The summed E-state index contributed by atoms with van der Waals surface area (Å²) in [5.41, 5.74) is 0. The van der Waals surface area contributed by atoms with E-state index in [0.717, 1.165) is 121 Å². The number of rotatable bonds is 67. The van der Waals surface area contributed by atoms with Crippen LogP contribution < -0.4 is 0 Å². The number of carbonyl (C=O) groups is 4. The first kappa shape index (κ1) is 87.5. The topological polar surface area (TPSA) is 237 Å². The number of allylic oxidation sites excluding steroid dienone is 4. The molecule has 0 aromatic carbocycles. The molecule has 0 spiro atoms. The molecule has 0 rings (SSSR count). The predicted octanol–water partition coefficient (Wildman–Crippen LogP) is 19.8. The number of phosphoric ester groups is 2. The Morgan fingerprint density at radius 2 is 0.656 bits per heavy atom. The highest BCUT2D eigenvalue weighted by Gasteiger charge is 2.30. The van der Waals surface area contributed by atoms with Crippen molar-refractivity contribution in [3.05, 3.63) is 24.3 Å². The first-order valence-corrected chi connectivity index (χ1v) is 39.2. The van der Waals surface area contributed by atoms with Gasteiger partial charge in [-0.25, -0.2) is 9.13 Å². The van der Waals surface area contributed by atoms with Crippen molar-refractivity contribution in [3.8, 4) is 0 Å². The summed E-state index contributed by atoms with van der Waals surface area (Å²) < 4.78 is 68.3. The third-order valence-corrected chi connectivity index (χ3v) is 18.0. The standard InChI is InChI=1S/C71H134O17P2/c1-8-10-11-12-13-14-15-16-17-18-19-24-32-40-47-54-70(75)87-67(59-82-69(74)53-46-39-34-27-29-36-43-50-63(5)6)61-86-90(79,80)84-57-65(72)56-83-89(77,78)85-60-66(88-71(76)55-48-41-33-26-25-30-37-44-51-64(7)9-2)58-81-68(73)52-45-38-31-23-21-20-22-28-35-42-49-62(3)4/h14-17,62-67,72H,8-13,18-61H2,1-7H3,(H,77,78)(H,79,80)/b15-14-,17-16-/t64?,65?,66-,67-/m1/s1. The Balaban J connectivity index is 5.29. The Morgan fingerprint density at radius 3 is 0.989 bits per heavy atom. The van der Waals surface area contributed by atoms with Gasteiger partial charge in [0.05, 0.1) is 26.4 Å². The summed E-state index contributed by atoms with van der Waals surface area (Å²) in [6.45, 7) is 11.7. The van der Waals surface area contributed by atoms with Gasteiger partial charge in [-0.1, -0.05) is 278 Å². The Labute approximate surface area is 548 Å². The minimum absolute atomic E-state index is 0.0837. The van der Waals surface area contributed by atoms with Gasteiger partial charge in [-0.15, -0.1) is 0 Å². The third-order valence-electron chi connectivity index (χ3n) is 16.1. The quantitative estimate of drug-likeness (QED) is 0.0169. The van der Waals surface area contributed by atoms with Crippen molar-refractivity contribution in [2.45, 2.75) is 349 Å². The van der Waals surface area contributed by atoms with Crippen LogP contribution in [0, 0.1) is 17.8 Å². The van der Waals surface area contributed by atoms with E-state index in [-0.39, 0.29) is 25.7 Å². The van der Waals surface area contributed by atoms with Gasteiger partial charge in [0.1, 0.15) is 19.3 Å². The van der Waals surface area contributed by atoms with Gasteiger partial charge in [0.25, 0.3) is 0 Å². The first-order chi connectivity index (χ1) is 43.3. The van der Waals surface area contributed by atoms with Gasteiger partial charge >= 0.3 is 39.5 Å². The molecule has 4 unspecified atom stereocenters. The maximum absolute atomic E-state index is 13.0. The molecule has 0 fully saturated rings. The maximum atomic E-state index is 13.0. The van der Waals surface area contributed by atoms with Crippen LogP contribution in [0.2, 0.25) is 0 Å². The summed E-state index contributed by atoms with van der Waals surface area (Å²) in [4.78, 5) is 72.5. The molecular weight excluding hydrogens is 1190 g/mol. The number of hydrogen-bond acceptors (Lipinski definition) is 15. The van der Waals surface area contributed by atoms with Gasteiger partial charge in [0, 0.05) is 25.7 Å². The van der Waals surface area contributed by atoms with Crippen molar-refractivity contribution < 1.29 is 80.2 Å². The number of ether oxygens (including phenoxy) is 4. The van der Waals surface area contributed by atoms with Gasteiger partial charge in [-0.3, -0.25) is 37.3 Å². The van der Waals surface area contributed by atoms with Gasteiger partial charge in [0.2, 0.25) is 0 Å². The van der Waals surface area contributed by atoms with Crippen LogP contribution in [-0.2, 0) is 65.4 Å². The molecule has 0 aromatic heterocycles. The molecule has 0 aliphatic heterocycles. The lowest BCUT2D eigenvalue weighted by Gasteiger charge is -2.21. The van der Waals surface area contributed by atoms with Crippen LogP contribution in [0.25, 0.3) is 0 Å². The van der Waals surface area contributed by atoms with Crippen LogP contribution >= 0.6 is 15.6 Å². The van der Waals surface area contributed by atoms with Gasteiger partial charge in [0.15, 0.2) is 12.2 Å². The van der Waals surface area contributed by atoms with E-state index in [0.29, 0.717) is 31.6 Å². The molecular formula is C71H134O17P2. The molecule has 0 heterocycles. The molecule has 0 amide bonds. The lowest BCUT2D eigenvalue weighted by molar-refractivity contribution is -0.161. The van der Waals surface area contributed by atoms with Crippen molar-refractivity contribution in [3.63, 3.8) is 0 Å². The van der Waals surface area contributed by atoms with Crippen LogP contribution in [-0.4, -0.2) is 96.7 Å². The number of phosphoric acid groups is 2.